The highest BCUT2D eigenvalue weighted by atomic mass is 35.5. The van der Waals surface area contributed by atoms with E-state index in [9.17, 15) is 4.79 Å². The van der Waals surface area contributed by atoms with Gasteiger partial charge < -0.3 is 15.1 Å². The number of rotatable bonds is 6. The van der Waals surface area contributed by atoms with Gasteiger partial charge in [-0.3, -0.25) is 4.90 Å². The van der Waals surface area contributed by atoms with Crippen LogP contribution >= 0.6 is 11.6 Å². The van der Waals surface area contributed by atoms with E-state index in [0.29, 0.717) is 18.1 Å². The standard InChI is InChI=1S/C18H22ClN3O2/c19-15-7-5-14(6-8-15)12-20-18(23)21-13-16(17-4-3-11-24-17)22-9-1-2-10-22/h3-8,11,16H,1-2,9-10,12-13H2,(H2,20,21,23). The monoisotopic (exact) mass is 347 g/mol. The van der Waals surface area contributed by atoms with Gasteiger partial charge in [0, 0.05) is 18.1 Å². The van der Waals surface area contributed by atoms with E-state index in [4.69, 9.17) is 16.0 Å². The molecule has 1 fully saturated rings. The fourth-order valence-electron chi connectivity index (χ4n) is 2.98. The minimum atomic E-state index is -0.180. The summed E-state index contributed by atoms with van der Waals surface area (Å²) in [4.78, 5) is 14.4. The summed E-state index contributed by atoms with van der Waals surface area (Å²) in [6.07, 6.45) is 4.07. The van der Waals surface area contributed by atoms with Gasteiger partial charge in [-0.05, 0) is 55.8 Å². The normalized spacial score (nSPS) is 16.0. The molecule has 0 saturated carbocycles. The zero-order chi connectivity index (χ0) is 16.8. The van der Waals surface area contributed by atoms with Crippen molar-refractivity contribution in [1.29, 1.82) is 0 Å². The summed E-state index contributed by atoms with van der Waals surface area (Å²) in [7, 11) is 0. The molecule has 1 saturated heterocycles. The number of nitrogens with one attached hydrogen (secondary N) is 2. The lowest BCUT2D eigenvalue weighted by molar-refractivity contribution is 0.203. The lowest BCUT2D eigenvalue weighted by Gasteiger charge is -2.26. The molecule has 1 aliphatic heterocycles. The molecule has 2 aromatic rings. The molecule has 1 aliphatic rings. The van der Waals surface area contributed by atoms with Crippen LogP contribution in [0, 0.1) is 0 Å². The molecule has 1 atom stereocenters. The van der Waals surface area contributed by atoms with Gasteiger partial charge in [-0.1, -0.05) is 23.7 Å². The highest BCUT2D eigenvalue weighted by Gasteiger charge is 2.25. The predicted octanol–water partition coefficient (Wildman–Crippen LogP) is 3.57. The van der Waals surface area contributed by atoms with E-state index in [1.54, 1.807) is 6.26 Å². The predicted molar refractivity (Wildman–Crippen MR) is 93.9 cm³/mol. The van der Waals surface area contributed by atoms with Crippen molar-refractivity contribution in [1.82, 2.24) is 15.5 Å². The average molecular weight is 348 g/mol. The fraction of sp³-hybridized carbons (Fsp3) is 0.389. The summed E-state index contributed by atoms with van der Waals surface area (Å²) in [5, 5.41) is 6.51. The van der Waals surface area contributed by atoms with Crippen LogP contribution in [0.15, 0.2) is 47.1 Å². The number of likely N-dealkylation sites (tertiary alicyclic amines) is 1. The molecular formula is C18H22ClN3O2. The third kappa shape index (κ3) is 4.52. The van der Waals surface area contributed by atoms with Gasteiger partial charge >= 0.3 is 6.03 Å². The van der Waals surface area contributed by atoms with Gasteiger partial charge in [0.2, 0.25) is 0 Å². The maximum absolute atomic E-state index is 12.1. The van der Waals surface area contributed by atoms with Crippen molar-refractivity contribution in [2.24, 2.45) is 0 Å². The second-order valence-electron chi connectivity index (χ2n) is 5.96. The van der Waals surface area contributed by atoms with Crippen LogP contribution in [-0.2, 0) is 6.54 Å². The highest BCUT2D eigenvalue weighted by Crippen LogP contribution is 2.24. The largest absolute Gasteiger partial charge is 0.468 e. The SMILES string of the molecule is O=C(NCc1ccc(Cl)cc1)NCC(c1ccco1)N1CCCC1. The molecule has 6 heteroatoms. The van der Waals surface area contributed by atoms with Crippen LogP contribution in [0.5, 0.6) is 0 Å². The number of benzene rings is 1. The van der Waals surface area contributed by atoms with Crippen molar-refractivity contribution in [3.05, 3.63) is 59.0 Å². The summed E-state index contributed by atoms with van der Waals surface area (Å²) >= 11 is 5.86. The van der Waals surface area contributed by atoms with Crippen LogP contribution in [0.4, 0.5) is 4.79 Å². The van der Waals surface area contributed by atoms with Gasteiger partial charge in [0.25, 0.3) is 0 Å². The van der Waals surface area contributed by atoms with Crippen molar-refractivity contribution in [3.63, 3.8) is 0 Å². The van der Waals surface area contributed by atoms with E-state index in [-0.39, 0.29) is 12.1 Å². The van der Waals surface area contributed by atoms with Gasteiger partial charge in [-0.2, -0.15) is 0 Å². The summed E-state index contributed by atoms with van der Waals surface area (Å²) in [5.41, 5.74) is 1.01. The molecule has 0 bridgehead atoms. The number of nitrogens with zero attached hydrogens (tertiary/aromatic N) is 1. The quantitative estimate of drug-likeness (QED) is 0.839. The summed E-state index contributed by atoms with van der Waals surface area (Å²) in [6, 6.07) is 11.2. The Kier molecular flexibility index (Phi) is 5.77. The lowest BCUT2D eigenvalue weighted by atomic mass is 10.2. The first-order valence-electron chi connectivity index (χ1n) is 8.26. The molecule has 2 amide bonds. The van der Waals surface area contributed by atoms with E-state index in [2.05, 4.69) is 15.5 Å². The average Bonchev–Trinajstić information content (AvgIpc) is 3.29. The Morgan fingerprint density at radius 2 is 1.92 bits per heavy atom. The summed E-state index contributed by atoms with van der Waals surface area (Å²) < 4.78 is 5.55. The Morgan fingerprint density at radius 3 is 2.58 bits per heavy atom. The minimum Gasteiger partial charge on any atom is -0.468 e. The molecule has 1 aromatic heterocycles. The maximum atomic E-state index is 12.1. The number of carbonyl (C=O) groups excluding carboxylic acids is 1. The van der Waals surface area contributed by atoms with E-state index >= 15 is 0 Å². The molecule has 2 heterocycles. The maximum Gasteiger partial charge on any atom is 0.315 e. The van der Waals surface area contributed by atoms with Crippen LogP contribution in [0.1, 0.15) is 30.2 Å². The van der Waals surface area contributed by atoms with Crippen LogP contribution in [0.25, 0.3) is 0 Å². The first-order valence-corrected chi connectivity index (χ1v) is 8.64. The molecule has 2 N–H and O–H groups in total. The number of halogens is 1. The Morgan fingerprint density at radius 1 is 1.17 bits per heavy atom. The summed E-state index contributed by atoms with van der Waals surface area (Å²) in [5.74, 6) is 0.898. The van der Waals surface area contributed by atoms with Crippen molar-refractivity contribution in [2.45, 2.75) is 25.4 Å². The van der Waals surface area contributed by atoms with Gasteiger partial charge in [0.05, 0.1) is 12.3 Å². The molecule has 128 valence electrons. The number of amides is 2. The Hall–Kier alpha value is -1.98. The molecule has 3 rings (SSSR count). The van der Waals surface area contributed by atoms with Gasteiger partial charge in [-0.15, -0.1) is 0 Å². The zero-order valence-electron chi connectivity index (χ0n) is 13.5. The van der Waals surface area contributed by atoms with Crippen LogP contribution in [0.2, 0.25) is 5.02 Å². The number of hydrogen-bond donors (Lipinski definition) is 2. The van der Waals surface area contributed by atoms with Gasteiger partial charge in [0.1, 0.15) is 5.76 Å². The molecule has 1 aromatic carbocycles. The number of urea groups is 1. The van der Waals surface area contributed by atoms with E-state index in [1.165, 1.54) is 12.8 Å². The van der Waals surface area contributed by atoms with Crippen LogP contribution < -0.4 is 10.6 Å². The van der Waals surface area contributed by atoms with Crippen molar-refractivity contribution < 1.29 is 9.21 Å². The summed E-state index contributed by atoms with van der Waals surface area (Å²) in [6.45, 7) is 3.08. The van der Waals surface area contributed by atoms with Crippen molar-refractivity contribution >= 4 is 17.6 Å². The van der Waals surface area contributed by atoms with E-state index < -0.39 is 0 Å². The van der Waals surface area contributed by atoms with Crippen molar-refractivity contribution in [2.75, 3.05) is 19.6 Å². The number of hydrogen-bond acceptors (Lipinski definition) is 3. The molecular weight excluding hydrogens is 326 g/mol. The third-order valence-electron chi connectivity index (χ3n) is 4.28. The van der Waals surface area contributed by atoms with Gasteiger partial charge in [0.15, 0.2) is 0 Å². The molecule has 0 aliphatic carbocycles. The first kappa shape index (κ1) is 16.9. The molecule has 0 radical (unpaired) electrons. The zero-order valence-corrected chi connectivity index (χ0v) is 14.3. The Labute approximate surface area is 147 Å². The second kappa shape index (κ2) is 8.22. The first-order chi connectivity index (χ1) is 11.7. The Balaban J connectivity index is 1.50. The number of furan rings is 1. The van der Waals surface area contributed by atoms with E-state index in [1.807, 2.05) is 36.4 Å². The highest BCUT2D eigenvalue weighted by molar-refractivity contribution is 6.30. The lowest BCUT2D eigenvalue weighted by Crippen LogP contribution is -2.41. The number of carbonyl (C=O) groups is 1. The molecule has 5 nitrogen and oxygen atoms in total. The third-order valence-corrected chi connectivity index (χ3v) is 4.53. The van der Waals surface area contributed by atoms with Crippen molar-refractivity contribution in [3.8, 4) is 0 Å². The second-order valence-corrected chi connectivity index (χ2v) is 6.40. The molecule has 1 unspecified atom stereocenters. The fourth-order valence-corrected chi connectivity index (χ4v) is 3.11. The minimum absolute atomic E-state index is 0.0868. The van der Waals surface area contributed by atoms with Crippen LogP contribution in [-0.4, -0.2) is 30.6 Å². The molecule has 0 spiro atoms. The van der Waals surface area contributed by atoms with Crippen LogP contribution in [0.3, 0.4) is 0 Å². The van der Waals surface area contributed by atoms with E-state index in [0.717, 1.165) is 24.4 Å². The van der Waals surface area contributed by atoms with Gasteiger partial charge in [-0.25, -0.2) is 4.79 Å². The Bertz CT molecular complexity index is 637. The topological polar surface area (TPSA) is 57.5 Å². The molecule has 24 heavy (non-hydrogen) atoms. The smallest absolute Gasteiger partial charge is 0.315 e.